The lowest BCUT2D eigenvalue weighted by Gasteiger charge is -2.27. The number of hydrogen-bond donors (Lipinski definition) is 2. The Kier molecular flexibility index (Phi) is 7.02. The van der Waals surface area contributed by atoms with Crippen molar-refractivity contribution in [3.8, 4) is 0 Å². The van der Waals surface area contributed by atoms with Crippen LogP contribution < -0.4 is 5.32 Å². The van der Waals surface area contributed by atoms with Crippen LogP contribution in [0.2, 0.25) is 0 Å². The molecular weight excluding hydrogens is 454 g/mol. The Morgan fingerprint density at radius 3 is 2.35 bits per heavy atom. The van der Waals surface area contributed by atoms with Gasteiger partial charge in [-0.1, -0.05) is 30.3 Å². The van der Waals surface area contributed by atoms with Crippen LogP contribution in [-0.4, -0.2) is 64.8 Å². The van der Waals surface area contributed by atoms with Crippen LogP contribution in [0.4, 0.5) is 0 Å². The van der Waals surface area contributed by atoms with Gasteiger partial charge in [-0.2, -0.15) is 11.8 Å². The van der Waals surface area contributed by atoms with E-state index in [4.69, 9.17) is 4.74 Å². The van der Waals surface area contributed by atoms with E-state index in [-0.39, 0.29) is 24.0 Å². The van der Waals surface area contributed by atoms with Gasteiger partial charge in [0.2, 0.25) is 5.91 Å². The van der Waals surface area contributed by atoms with Crippen molar-refractivity contribution in [3.05, 3.63) is 71.4 Å². The highest BCUT2D eigenvalue weighted by Gasteiger charge is 2.43. The van der Waals surface area contributed by atoms with Crippen molar-refractivity contribution >= 4 is 46.4 Å². The van der Waals surface area contributed by atoms with Gasteiger partial charge in [0.15, 0.2) is 0 Å². The fourth-order valence-corrected chi connectivity index (χ4v) is 4.68. The molecule has 34 heavy (non-hydrogen) atoms. The standard InChI is InChI=1S/C25H25N3O5S/c1-33-25(32)20(13-15-14-26-19-10-6-5-7-16(15)19)27-22(29)21(11-12-34-2)28-23(30)17-8-3-4-9-18(17)24(28)31/h3-10,14,20-21,26H,11-13H2,1-2H3,(H,27,29)/t20-,21+/m0/s1. The highest BCUT2D eigenvalue weighted by atomic mass is 32.2. The summed E-state index contributed by atoms with van der Waals surface area (Å²) in [6, 6.07) is 12.1. The van der Waals surface area contributed by atoms with Gasteiger partial charge in [0.25, 0.3) is 11.8 Å². The molecule has 3 aromatic rings. The van der Waals surface area contributed by atoms with Crippen molar-refractivity contribution in [1.29, 1.82) is 0 Å². The maximum atomic E-state index is 13.4. The minimum Gasteiger partial charge on any atom is -0.467 e. The van der Waals surface area contributed by atoms with E-state index in [1.165, 1.54) is 18.9 Å². The first kappa shape index (κ1) is 23.6. The van der Waals surface area contributed by atoms with Crippen molar-refractivity contribution in [1.82, 2.24) is 15.2 Å². The first-order chi connectivity index (χ1) is 16.5. The number of H-pyrrole nitrogens is 1. The highest BCUT2D eigenvalue weighted by Crippen LogP contribution is 2.26. The van der Waals surface area contributed by atoms with Crippen molar-refractivity contribution in [2.45, 2.75) is 24.9 Å². The van der Waals surface area contributed by atoms with E-state index in [9.17, 15) is 19.2 Å². The van der Waals surface area contributed by atoms with Crippen LogP contribution in [0.5, 0.6) is 0 Å². The number of methoxy groups -OCH3 is 1. The molecule has 4 rings (SSSR count). The Morgan fingerprint density at radius 2 is 1.71 bits per heavy atom. The average molecular weight is 480 g/mol. The molecular formula is C25H25N3O5S. The number of esters is 1. The summed E-state index contributed by atoms with van der Waals surface area (Å²) < 4.78 is 4.94. The predicted octanol–water partition coefficient (Wildman–Crippen LogP) is 2.79. The fourth-order valence-electron chi connectivity index (χ4n) is 4.22. The molecule has 2 heterocycles. The second-order valence-corrected chi connectivity index (χ2v) is 8.96. The van der Waals surface area contributed by atoms with E-state index in [2.05, 4.69) is 10.3 Å². The Hall–Kier alpha value is -3.59. The molecule has 2 atom stereocenters. The summed E-state index contributed by atoms with van der Waals surface area (Å²) in [6.45, 7) is 0. The van der Waals surface area contributed by atoms with Gasteiger partial charge in [0, 0.05) is 23.5 Å². The number of nitrogens with one attached hydrogen (secondary N) is 2. The van der Waals surface area contributed by atoms with Crippen LogP contribution in [0.25, 0.3) is 10.9 Å². The molecule has 0 unspecified atom stereocenters. The predicted molar refractivity (Wildman–Crippen MR) is 130 cm³/mol. The lowest BCUT2D eigenvalue weighted by atomic mass is 10.0. The van der Waals surface area contributed by atoms with E-state index in [0.29, 0.717) is 5.75 Å². The van der Waals surface area contributed by atoms with Crippen molar-refractivity contribution in [2.75, 3.05) is 19.1 Å². The van der Waals surface area contributed by atoms with Gasteiger partial charge < -0.3 is 15.0 Å². The molecule has 3 amide bonds. The van der Waals surface area contributed by atoms with Crippen LogP contribution in [0.15, 0.2) is 54.7 Å². The van der Waals surface area contributed by atoms with E-state index >= 15 is 0 Å². The van der Waals surface area contributed by atoms with Gasteiger partial charge in [-0.3, -0.25) is 19.3 Å². The van der Waals surface area contributed by atoms with Crippen LogP contribution in [-0.2, 0) is 20.7 Å². The number of para-hydroxylation sites is 1. The Labute approximate surface area is 201 Å². The van der Waals surface area contributed by atoms with Crippen LogP contribution in [0.3, 0.4) is 0 Å². The summed E-state index contributed by atoms with van der Waals surface area (Å²) in [7, 11) is 1.26. The first-order valence-electron chi connectivity index (χ1n) is 10.8. The second-order valence-electron chi connectivity index (χ2n) is 7.97. The maximum absolute atomic E-state index is 13.4. The maximum Gasteiger partial charge on any atom is 0.328 e. The van der Waals surface area contributed by atoms with Crippen molar-refractivity contribution in [3.63, 3.8) is 0 Å². The van der Waals surface area contributed by atoms with E-state index in [1.807, 2.05) is 30.5 Å². The number of rotatable bonds is 9. The number of aromatic nitrogens is 1. The zero-order valence-corrected chi connectivity index (χ0v) is 19.7. The van der Waals surface area contributed by atoms with E-state index in [1.54, 1.807) is 30.5 Å². The third kappa shape index (κ3) is 4.43. The Morgan fingerprint density at radius 1 is 1.06 bits per heavy atom. The number of nitrogens with zero attached hydrogens (tertiary/aromatic N) is 1. The highest BCUT2D eigenvalue weighted by molar-refractivity contribution is 7.98. The lowest BCUT2D eigenvalue weighted by Crippen LogP contribution is -2.54. The van der Waals surface area contributed by atoms with Gasteiger partial charge >= 0.3 is 5.97 Å². The van der Waals surface area contributed by atoms with E-state index in [0.717, 1.165) is 21.4 Å². The van der Waals surface area contributed by atoms with Crippen molar-refractivity contribution in [2.24, 2.45) is 0 Å². The average Bonchev–Trinajstić information content (AvgIpc) is 3.38. The number of aromatic amines is 1. The number of imide groups is 1. The Balaban J connectivity index is 1.59. The minimum atomic E-state index is -1.05. The quantitative estimate of drug-likeness (QED) is 0.361. The molecule has 9 heteroatoms. The molecule has 2 N–H and O–H groups in total. The van der Waals surface area contributed by atoms with Gasteiger partial charge in [0.1, 0.15) is 12.1 Å². The summed E-state index contributed by atoms with van der Waals surface area (Å²) in [5.74, 6) is -1.64. The first-order valence-corrected chi connectivity index (χ1v) is 12.2. The number of ether oxygens (including phenoxy) is 1. The number of hydrogen-bond acceptors (Lipinski definition) is 6. The molecule has 2 aromatic carbocycles. The molecule has 1 aromatic heterocycles. The molecule has 8 nitrogen and oxygen atoms in total. The molecule has 0 saturated carbocycles. The van der Waals surface area contributed by atoms with Crippen LogP contribution >= 0.6 is 11.8 Å². The summed E-state index contributed by atoms with van der Waals surface area (Å²) in [6.07, 6.45) is 4.13. The van der Waals surface area contributed by atoms with Gasteiger partial charge in [0.05, 0.1) is 18.2 Å². The Bertz CT molecular complexity index is 1220. The third-order valence-corrected chi connectivity index (χ3v) is 6.58. The number of carbonyl (C=O) groups excluding carboxylic acids is 4. The number of fused-ring (bicyclic) bond motifs is 2. The molecule has 0 saturated heterocycles. The largest absolute Gasteiger partial charge is 0.467 e. The molecule has 0 radical (unpaired) electrons. The number of amides is 3. The summed E-state index contributed by atoms with van der Waals surface area (Å²) in [5, 5.41) is 3.68. The normalized spacial score (nSPS) is 14.7. The van der Waals surface area contributed by atoms with Crippen LogP contribution in [0, 0.1) is 0 Å². The zero-order valence-electron chi connectivity index (χ0n) is 18.9. The topological polar surface area (TPSA) is 109 Å². The van der Waals surface area contributed by atoms with Gasteiger partial charge in [-0.15, -0.1) is 0 Å². The number of carbonyl (C=O) groups is 4. The third-order valence-electron chi connectivity index (χ3n) is 5.94. The molecule has 0 spiro atoms. The number of thioether (sulfide) groups is 1. The summed E-state index contributed by atoms with van der Waals surface area (Å²) in [4.78, 5) is 56.2. The summed E-state index contributed by atoms with van der Waals surface area (Å²) in [5.41, 5.74) is 2.31. The number of benzene rings is 2. The fraction of sp³-hybridized carbons (Fsp3) is 0.280. The molecule has 176 valence electrons. The smallest absolute Gasteiger partial charge is 0.328 e. The van der Waals surface area contributed by atoms with Gasteiger partial charge in [-0.25, -0.2) is 4.79 Å². The van der Waals surface area contributed by atoms with Crippen molar-refractivity contribution < 1.29 is 23.9 Å². The summed E-state index contributed by atoms with van der Waals surface area (Å²) >= 11 is 1.50. The molecule has 1 aliphatic heterocycles. The molecule has 0 aliphatic carbocycles. The minimum absolute atomic E-state index is 0.194. The van der Waals surface area contributed by atoms with Crippen LogP contribution in [0.1, 0.15) is 32.7 Å². The molecule has 0 bridgehead atoms. The lowest BCUT2D eigenvalue weighted by molar-refractivity contribution is -0.145. The molecule has 0 fully saturated rings. The monoisotopic (exact) mass is 479 g/mol. The second kappa shape index (κ2) is 10.1. The van der Waals surface area contributed by atoms with E-state index < -0.39 is 35.8 Å². The molecule has 1 aliphatic rings. The van der Waals surface area contributed by atoms with Gasteiger partial charge in [-0.05, 0) is 42.2 Å². The zero-order chi connectivity index (χ0) is 24.2. The SMILES string of the molecule is COC(=O)[C@H](Cc1c[nH]c2ccccc12)NC(=O)[C@@H](CCSC)N1C(=O)c2ccccc2C1=O.